The zero-order chi connectivity index (χ0) is 18.7. The Morgan fingerprint density at radius 1 is 1.23 bits per heavy atom. The van der Waals surface area contributed by atoms with Crippen molar-refractivity contribution in [3.05, 3.63) is 71.2 Å². The summed E-state index contributed by atoms with van der Waals surface area (Å²) in [7, 11) is 1.59. The zero-order valence-electron chi connectivity index (χ0n) is 14.3. The molecular weight excluding hydrogens is 353 g/mol. The highest BCUT2D eigenvalue weighted by molar-refractivity contribution is 7.80. The number of amides is 1. The highest BCUT2D eigenvalue weighted by Crippen LogP contribution is 2.29. The molecule has 7 heteroatoms. The zero-order valence-corrected chi connectivity index (χ0v) is 15.1. The maximum absolute atomic E-state index is 13.1. The molecule has 0 aliphatic carbocycles. The van der Waals surface area contributed by atoms with E-state index in [1.54, 1.807) is 14.0 Å². The summed E-state index contributed by atoms with van der Waals surface area (Å²) in [6.45, 7) is 1.79. The molecule has 0 saturated carbocycles. The Balaban J connectivity index is 1.94. The second-order valence-corrected chi connectivity index (χ2v) is 6.22. The van der Waals surface area contributed by atoms with Gasteiger partial charge in [-0.2, -0.15) is 0 Å². The average molecular weight is 371 g/mol. The smallest absolute Gasteiger partial charge is 0.255 e. The van der Waals surface area contributed by atoms with Crippen LogP contribution in [-0.4, -0.2) is 18.1 Å². The maximum Gasteiger partial charge on any atom is 0.255 e. The van der Waals surface area contributed by atoms with Gasteiger partial charge in [0.25, 0.3) is 5.91 Å². The van der Waals surface area contributed by atoms with E-state index in [1.165, 1.54) is 24.3 Å². The Labute approximate surface area is 156 Å². The van der Waals surface area contributed by atoms with Crippen molar-refractivity contribution >= 4 is 28.9 Å². The number of allylic oxidation sites excluding steroid dienone is 1. The number of nitrogens with one attached hydrogen (secondary N) is 3. The van der Waals surface area contributed by atoms with Crippen LogP contribution in [-0.2, 0) is 4.79 Å². The number of anilines is 1. The second kappa shape index (κ2) is 7.53. The van der Waals surface area contributed by atoms with E-state index in [-0.39, 0.29) is 11.7 Å². The SMILES string of the molecule is COc1cccc([C@H]2NC(=S)NC(C)=C2C(=O)Nc2ccc(F)cc2)c1. The minimum absolute atomic E-state index is 0.301. The van der Waals surface area contributed by atoms with Crippen LogP contribution in [0.2, 0.25) is 0 Å². The fraction of sp³-hybridized carbons (Fsp3) is 0.158. The maximum atomic E-state index is 13.1. The summed E-state index contributed by atoms with van der Waals surface area (Å²) in [4.78, 5) is 12.9. The summed E-state index contributed by atoms with van der Waals surface area (Å²) in [6.07, 6.45) is 0. The van der Waals surface area contributed by atoms with Crippen LogP contribution in [0.4, 0.5) is 10.1 Å². The molecule has 0 bridgehead atoms. The van der Waals surface area contributed by atoms with E-state index in [2.05, 4.69) is 16.0 Å². The predicted molar refractivity (Wildman–Crippen MR) is 102 cm³/mol. The summed E-state index contributed by atoms with van der Waals surface area (Å²) in [5.41, 5.74) is 2.50. The molecule has 0 spiro atoms. The quantitative estimate of drug-likeness (QED) is 0.720. The van der Waals surface area contributed by atoms with Crippen LogP contribution in [0, 0.1) is 5.82 Å². The molecule has 26 heavy (non-hydrogen) atoms. The first kappa shape index (κ1) is 17.9. The van der Waals surface area contributed by atoms with Gasteiger partial charge in [0.05, 0.1) is 18.7 Å². The number of thiocarbonyl (C=S) groups is 1. The topological polar surface area (TPSA) is 62.4 Å². The highest BCUT2D eigenvalue weighted by atomic mass is 32.1. The largest absolute Gasteiger partial charge is 0.497 e. The van der Waals surface area contributed by atoms with Crippen LogP contribution < -0.4 is 20.7 Å². The molecule has 1 aliphatic rings. The lowest BCUT2D eigenvalue weighted by atomic mass is 9.94. The molecule has 0 unspecified atom stereocenters. The minimum Gasteiger partial charge on any atom is -0.497 e. The van der Waals surface area contributed by atoms with Gasteiger partial charge in [-0.25, -0.2) is 4.39 Å². The number of halogens is 1. The first-order valence-electron chi connectivity index (χ1n) is 7.97. The van der Waals surface area contributed by atoms with Crippen molar-refractivity contribution in [3.8, 4) is 5.75 Å². The highest BCUT2D eigenvalue weighted by Gasteiger charge is 2.30. The van der Waals surface area contributed by atoms with E-state index in [0.717, 1.165) is 5.56 Å². The Morgan fingerprint density at radius 3 is 2.65 bits per heavy atom. The molecule has 1 aliphatic heterocycles. The molecule has 134 valence electrons. The lowest BCUT2D eigenvalue weighted by Crippen LogP contribution is -2.45. The monoisotopic (exact) mass is 371 g/mol. The molecular formula is C19H18FN3O2S. The summed E-state index contributed by atoms with van der Waals surface area (Å²) >= 11 is 5.24. The Hall–Kier alpha value is -2.93. The minimum atomic E-state index is -0.431. The van der Waals surface area contributed by atoms with Gasteiger partial charge >= 0.3 is 0 Å². The van der Waals surface area contributed by atoms with Gasteiger partial charge in [0, 0.05) is 11.4 Å². The van der Waals surface area contributed by atoms with Crippen molar-refractivity contribution in [2.45, 2.75) is 13.0 Å². The van der Waals surface area contributed by atoms with Crippen molar-refractivity contribution in [1.29, 1.82) is 0 Å². The average Bonchev–Trinajstić information content (AvgIpc) is 2.63. The first-order chi connectivity index (χ1) is 12.5. The summed E-state index contributed by atoms with van der Waals surface area (Å²) < 4.78 is 18.3. The number of methoxy groups -OCH3 is 1. The number of carbonyl (C=O) groups is 1. The fourth-order valence-corrected chi connectivity index (χ4v) is 3.07. The summed E-state index contributed by atoms with van der Waals surface area (Å²) in [5, 5.41) is 9.34. The molecule has 0 aromatic heterocycles. The van der Waals surface area contributed by atoms with E-state index in [9.17, 15) is 9.18 Å². The van der Waals surface area contributed by atoms with Crippen molar-refractivity contribution in [1.82, 2.24) is 10.6 Å². The fourth-order valence-electron chi connectivity index (χ4n) is 2.80. The lowest BCUT2D eigenvalue weighted by molar-refractivity contribution is -0.113. The summed E-state index contributed by atoms with van der Waals surface area (Å²) in [6, 6.07) is 12.6. The third-order valence-electron chi connectivity index (χ3n) is 4.04. The van der Waals surface area contributed by atoms with E-state index >= 15 is 0 Å². The van der Waals surface area contributed by atoms with E-state index in [4.69, 9.17) is 17.0 Å². The van der Waals surface area contributed by atoms with Gasteiger partial charge in [0.2, 0.25) is 0 Å². The van der Waals surface area contributed by atoms with Crippen molar-refractivity contribution in [3.63, 3.8) is 0 Å². The Morgan fingerprint density at radius 2 is 1.96 bits per heavy atom. The molecule has 0 radical (unpaired) electrons. The van der Waals surface area contributed by atoms with Gasteiger partial charge in [-0.15, -0.1) is 0 Å². The molecule has 0 saturated heterocycles. The third kappa shape index (κ3) is 3.83. The number of hydrogen-bond donors (Lipinski definition) is 3. The lowest BCUT2D eigenvalue weighted by Gasteiger charge is -2.30. The number of ether oxygens (including phenoxy) is 1. The van der Waals surface area contributed by atoms with Crippen molar-refractivity contribution in [2.24, 2.45) is 0 Å². The van der Waals surface area contributed by atoms with Crippen LogP contribution in [0.15, 0.2) is 59.8 Å². The first-order valence-corrected chi connectivity index (χ1v) is 8.38. The van der Waals surface area contributed by atoms with E-state index < -0.39 is 6.04 Å². The third-order valence-corrected chi connectivity index (χ3v) is 4.26. The van der Waals surface area contributed by atoms with Crippen LogP contribution >= 0.6 is 12.2 Å². The van der Waals surface area contributed by atoms with Gasteiger partial charge in [0.15, 0.2) is 5.11 Å². The van der Waals surface area contributed by atoms with Gasteiger partial charge < -0.3 is 20.7 Å². The van der Waals surface area contributed by atoms with Gasteiger partial charge in [-0.05, 0) is 61.1 Å². The summed E-state index contributed by atoms with van der Waals surface area (Å²) in [5.74, 6) is 0.0214. The van der Waals surface area contributed by atoms with Crippen LogP contribution in [0.1, 0.15) is 18.5 Å². The van der Waals surface area contributed by atoms with Gasteiger partial charge in [-0.3, -0.25) is 4.79 Å². The second-order valence-electron chi connectivity index (χ2n) is 5.81. The number of hydrogen-bond acceptors (Lipinski definition) is 3. The van der Waals surface area contributed by atoms with Gasteiger partial charge in [0.1, 0.15) is 11.6 Å². The number of rotatable bonds is 4. The number of carbonyl (C=O) groups excluding carboxylic acids is 1. The van der Waals surface area contributed by atoms with Crippen LogP contribution in [0.25, 0.3) is 0 Å². The molecule has 5 nitrogen and oxygen atoms in total. The van der Waals surface area contributed by atoms with E-state index in [0.29, 0.717) is 27.8 Å². The number of benzene rings is 2. The molecule has 1 atom stereocenters. The molecule has 2 aromatic rings. The predicted octanol–water partition coefficient (Wildman–Crippen LogP) is 3.27. The molecule has 2 aromatic carbocycles. The van der Waals surface area contributed by atoms with E-state index in [1.807, 2.05) is 24.3 Å². The van der Waals surface area contributed by atoms with Crippen LogP contribution in [0.3, 0.4) is 0 Å². The molecule has 3 N–H and O–H groups in total. The normalized spacial score (nSPS) is 16.6. The molecule has 3 rings (SSSR count). The Kier molecular flexibility index (Phi) is 5.18. The standard InChI is InChI=1S/C19H18FN3O2S/c1-11-16(18(24)22-14-8-6-13(20)7-9-14)17(23-19(26)21-11)12-4-3-5-15(10-12)25-2/h3-10,17H,1-2H3,(H,22,24)(H2,21,23,26)/t17-/m1/s1. The molecule has 0 fully saturated rings. The van der Waals surface area contributed by atoms with Crippen molar-refractivity contribution in [2.75, 3.05) is 12.4 Å². The Bertz CT molecular complexity index is 881. The van der Waals surface area contributed by atoms with Gasteiger partial charge in [-0.1, -0.05) is 12.1 Å². The molecule has 1 heterocycles. The van der Waals surface area contributed by atoms with Crippen LogP contribution in [0.5, 0.6) is 5.75 Å². The molecule has 1 amide bonds. The van der Waals surface area contributed by atoms with Crippen molar-refractivity contribution < 1.29 is 13.9 Å².